The van der Waals surface area contributed by atoms with Crippen molar-refractivity contribution >= 4 is 17.7 Å². The number of amides is 2. The van der Waals surface area contributed by atoms with Gasteiger partial charge in [-0.15, -0.1) is 0 Å². The van der Waals surface area contributed by atoms with E-state index in [1.54, 1.807) is 18.7 Å². The number of nitrogens with zero attached hydrogens (tertiary/aromatic N) is 3. The largest absolute Gasteiger partial charge is 0.478 e. The van der Waals surface area contributed by atoms with Crippen LogP contribution >= 0.6 is 0 Å². The second-order valence-corrected chi connectivity index (χ2v) is 3.95. The SMILES string of the molecule is O=C(NCCn1ccnc1)Nc1cncc(C(=O)O)c1. The normalized spacial score (nSPS) is 10.0. The Balaban J connectivity index is 1.82. The van der Waals surface area contributed by atoms with Crippen molar-refractivity contribution < 1.29 is 14.7 Å². The van der Waals surface area contributed by atoms with Crippen molar-refractivity contribution in [3.63, 3.8) is 0 Å². The number of carboxylic acids is 1. The third kappa shape index (κ3) is 3.80. The Morgan fingerprint density at radius 1 is 1.30 bits per heavy atom. The molecule has 0 saturated carbocycles. The highest BCUT2D eigenvalue weighted by Crippen LogP contribution is 2.07. The third-order valence-corrected chi connectivity index (χ3v) is 2.46. The molecule has 104 valence electrons. The van der Waals surface area contributed by atoms with Crippen LogP contribution in [0.25, 0.3) is 0 Å². The van der Waals surface area contributed by atoms with E-state index in [1.807, 2.05) is 4.57 Å². The maximum Gasteiger partial charge on any atom is 0.337 e. The number of carboxylic acid groups (broad SMARTS) is 1. The van der Waals surface area contributed by atoms with Gasteiger partial charge in [0.25, 0.3) is 0 Å². The van der Waals surface area contributed by atoms with Crippen LogP contribution in [0.15, 0.2) is 37.2 Å². The van der Waals surface area contributed by atoms with Crippen molar-refractivity contribution in [2.75, 3.05) is 11.9 Å². The summed E-state index contributed by atoms with van der Waals surface area (Å²) < 4.78 is 1.83. The first kappa shape index (κ1) is 13.5. The van der Waals surface area contributed by atoms with Crippen LogP contribution in [0.1, 0.15) is 10.4 Å². The van der Waals surface area contributed by atoms with E-state index in [-0.39, 0.29) is 5.56 Å². The highest BCUT2D eigenvalue weighted by molar-refractivity contribution is 5.92. The number of rotatable bonds is 5. The molecule has 0 aliphatic rings. The molecule has 2 aromatic rings. The van der Waals surface area contributed by atoms with E-state index in [0.29, 0.717) is 18.8 Å². The summed E-state index contributed by atoms with van der Waals surface area (Å²) in [6.45, 7) is 1.02. The lowest BCUT2D eigenvalue weighted by Gasteiger charge is -2.08. The lowest BCUT2D eigenvalue weighted by atomic mass is 10.3. The molecule has 2 heterocycles. The molecule has 0 fully saturated rings. The standard InChI is InChI=1S/C12H13N5O3/c18-11(19)9-5-10(7-14-6-9)16-12(20)15-2-4-17-3-1-13-8-17/h1,3,5-8H,2,4H2,(H,18,19)(H2,15,16,20). The molecule has 0 radical (unpaired) electrons. The topological polar surface area (TPSA) is 109 Å². The van der Waals surface area contributed by atoms with Gasteiger partial charge in [-0.2, -0.15) is 0 Å². The molecule has 0 bridgehead atoms. The van der Waals surface area contributed by atoms with Gasteiger partial charge >= 0.3 is 12.0 Å². The molecule has 8 nitrogen and oxygen atoms in total. The number of pyridine rings is 1. The zero-order chi connectivity index (χ0) is 14.4. The van der Waals surface area contributed by atoms with E-state index >= 15 is 0 Å². The predicted octanol–water partition coefficient (Wildman–Crippen LogP) is 0.798. The van der Waals surface area contributed by atoms with Gasteiger partial charge in [0.15, 0.2) is 0 Å². The van der Waals surface area contributed by atoms with Gasteiger partial charge in [0.05, 0.1) is 23.8 Å². The maximum atomic E-state index is 11.6. The van der Waals surface area contributed by atoms with Crippen molar-refractivity contribution in [1.29, 1.82) is 0 Å². The van der Waals surface area contributed by atoms with Crippen LogP contribution in [0.3, 0.4) is 0 Å². The lowest BCUT2D eigenvalue weighted by molar-refractivity contribution is 0.0696. The van der Waals surface area contributed by atoms with Crippen LogP contribution in [-0.4, -0.2) is 38.2 Å². The van der Waals surface area contributed by atoms with E-state index in [4.69, 9.17) is 5.11 Å². The zero-order valence-corrected chi connectivity index (χ0v) is 10.5. The summed E-state index contributed by atoms with van der Waals surface area (Å²) in [7, 11) is 0. The van der Waals surface area contributed by atoms with Gasteiger partial charge in [-0.25, -0.2) is 14.6 Å². The molecule has 2 aromatic heterocycles. The summed E-state index contributed by atoms with van der Waals surface area (Å²) in [5.74, 6) is -1.10. The Labute approximate surface area is 114 Å². The van der Waals surface area contributed by atoms with Crippen molar-refractivity contribution in [3.8, 4) is 0 Å². The molecular weight excluding hydrogens is 262 g/mol. The number of nitrogens with one attached hydrogen (secondary N) is 2. The van der Waals surface area contributed by atoms with Crippen LogP contribution in [0.5, 0.6) is 0 Å². The molecule has 0 atom stereocenters. The second kappa shape index (κ2) is 6.32. The van der Waals surface area contributed by atoms with Crippen LogP contribution < -0.4 is 10.6 Å². The van der Waals surface area contributed by atoms with E-state index in [9.17, 15) is 9.59 Å². The Kier molecular flexibility index (Phi) is 4.28. The van der Waals surface area contributed by atoms with E-state index in [2.05, 4.69) is 20.6 Å². The molecule has 0 aromatic carbocycles. The number of hydrogen-bond acceptors (Lipinski definition) is 4. The minimum atomic E-state index is -1.10. The highest BCUT2D eigenvalue weighted by atomic mass is 16.4. The monoisotopic (exact) mass is 275 g/mol. The molecule has 8 heteroatoms. The molecule has 0 spiro atoms. The number of carbonyl (C=O) groups is 2. The molecule has 3 N–H and O–H groups in total. The van der Waals surface area contributed by atoms with Gasteiger partial charge in [0, 0.05) is 31.7 Å². The number of aromatic nitrogens is 3. The van der Waals surface area contributed by atoms with E-state index in [0.717, 1.165) is 0 Å². The number of aromatic carboxylic acids is 1. The minimum Gasteiger partial charge on any atom is -0.478 e. The Bertz CT molecular complexity index is 597. The van der Waals surface area contributed by atoms with E-state index < -0.39 is 12.0 Å². The number of urea groups is 1. The first-order valence-electron chi connectivity index (χ1n) is 5.84. The summed E-state index contributed by atoms with van der Waals surface area (Å²) in [6.07, 6.45) is 7.69. The third-order valence-electron chi connectivity index (χ3n) is 2.46. The lowest BCUT2D eigenvalue weighted by Crippen LogP contribution is -2.31. The molecule has 0 aliphatic heterocycles. The van der Waals surface area contributed by atoms with Gasteiger partial charge in [0.2, 0.25) is 0 Å². The van der Waals surface area contributed by atoms with Gasteiger partial charge < -0.3 is 20.3 Å². The molecule has 20 heavy (non-hydrogen) atoms. The average molecular weight is 275 g/mol. The average Bonchev–Trinajstić information content (AvgIpc) is 2.92. The smallest absolute Gasteiger partial charge is 0.337 e. The number of anilines is 1. The first-order valence-corrected chi connectivity index (χ1v) is 5.84. The number of hydrogen-bond donors (Lipinski definition) is 3. The van der Waals surface area contributed by atoms with E-state index in [1.165, 1.54) is 18.5 Å². The first-order chi connectivity index (χ1) is 9.65. The van der Waals surface area contributed by atoms with Crippen LogP contribution in [0, 0.1) is 0 Å². The van der Waals surface area contributed by atoms with Crippen LogP contribution in [0.2, 0.25) is 0 Å². The Morgan fingerprint density at radius 3 is 2.85 bits per heavy atom. The highest BCUT2D eigenvalue weighted by Gasteiger charge is 2.06. The van der Waals surface area contributed by atoms with Gasteiger partial charge in [-0.3, -0.25) is 4.98 Å². The van der Waals surface area contributed by atoms with Crippen molar-refractivity contribution in [2.24, 2.45) is 0 Å². The van der Waals surface area contributed by atoms with Crippen LogP contribution in [-0.2, 0) is 6.54 Å². The number of carbonyl (C=O) groups excluding carboxylic acids is 1. The Hall–Kier alpha value is -2.90. The Morgan fingerprint density at radius 2 is 2.15 bits per heavy atom. The molecule has 0 saturated heterocycles. The summed E-state index contributed by atoms with van der Waals surface area (Å²) in [4.78, 5) is 30.0. The molecule has 0 aliphatic carbocycles. The fourth-order valence-corrected chi connectivity index (χ4v) is 1.52. The summed E-state index contributed by atoms with van der Waals surface area (Å²) in [6, 6.07) is 0.916. The van der Waals surface area contributed by atoms with Crippen molar-refractivity contribution in [1.82, 2.24) is 19.9 Å². The fraction of sp³-hybridized carbons (Fsp3) is 0.167. The van der Waals surface area contributed by atoms with Crippen molar-refractivity contribution in [2.45, 2.75) is 6.54 Å². The maximum absolute atomic E-state index is 11.6. The van der Waals surface area contributed by atoms with Gasteiger partial charge in [-0.1, -0.05) is 0 Å². The van der Waals surface area contributed by atoms with Crippen molar-refractivity contribution in [3.05, 3.63) is 42.7 Å². The second-order valence-electron chi connectivity index (χ2n) is 3.95. The molecule has 2 rings (SSSR count). The predicted molar refractivity (Wildman–Crippen MR) is 70.4 cm³/mol. The summed E-state index contributed by atoms with van der Waals surface area (Å²) >= 11 is 0. The number of imidazole rings is 1. The van der Waals surface area contributed by atoms with Gasteiger partial charge in [0.1, 0.15) is 0 Å². The van der Waals surface area contributed by atoms with Gasteiger partial charge in [-0.05, 0) is 6.07 Å². The summed E-state index contributed by atoms with van der Waals surface area (Å²) in [5.41, 5.74) is 0.339. The fourth-order valence-electron chi connectivity index (χ4n) is 1.52. The van der Waals surface area contributed by atoms with Crippen LogP contribution in [0.4, 0.5) is 10.5 Å². The minimum absolute atomic E-state index is 0.0150. The summed E-state index contributed by atoms with van der Waals surface area (Å²) in [5, 5.41) is 14.0. The zero-order valence-electron chi connectivity index (χ0n) is 10.5. The molecular formula is C12H13N5O3. The molecule has 0 unspecified atom stereocenters. The molecule has 2 amide bonds. The quantitative estimate of drug-likeness (QED) is 0.747.